The standard InChI is InChI=1S/C14H21NO2/c1-14(2,3)11-6-8-12(9-7-11)15(4)10-13(16)17-5/h6-9H,10H2,1-5H3. The number of esters is 1. The summed E-state index contributed by atoms with van der Waals surface area (Å²) in [5.74, 6) is -0.229. The summed E-state index contributed by atoms with van der Waals surface area (Å²) in [5.41, 5.74) is 2.45. The van der Waals surface area contributed by atoms with Crippen molar-refractivity contribution in [2.24, 2.45) is 0 Å². The molecule has 0 aliphatic carbocycles. The van der Waals surface area contributed by atoms with E-state index < -0.39 is 0 Å². The van der Waals surface area contributed by atoms with Crippen molar-refractivity contribution < 1.29 is 9.53 Å². The summed E-state index contributed by atoms with van der Waals surface area (Å²) >= 11 is 0. The van der Waals surface area contributed by atoms with Gasteiger partial charge in [0.1, 0.15) is 6.54 Å². The Morgan fingerprint density at radius 1 is 1.24 bits per heavy atom. The Hall–Kier alpha value is -1.51. The number of carbonyl (C=O) groups excluding carboxylic acids is 1. The van der Waals surface area contributed by atoms with Gasteiger partial charge in [0.25, 0.3) is 0 Å². The molecule has 0 spiro atoms. The zero-order valence-corrected chi connectivity index (χ0v) is 11.3. The van der Waals surface area contributed by atoms with E-state index in [0.717, 1.165) is 5.69 Å². The highest BCUT2D eigenvalue weighted by Gasteiger charge is 2.14. The Morgan fingerprint density at radius 3 is 2.18 bits per heavy atom. The van der Waals surface area contributed by atoms with Gasteiger partial charge < -0.3 is 9.64 Å². The maximum atomic E-state index is 11.2. The van der Waals surface area contributed by atoms with Gasteiger partial charge in [0.15, 0.2) is 0 Å². The van der Waals surface area contributed by atoms with Crippen LogP contribution < -0.4 is 4.90 Å². The van der Waals surface area contributed by atoms with E-state index in [9.17, 15) is 4.79 Å². The largest absolute Gasteiger partial charge is 0.468 e. The van der Waals surface area contributed by atoms with Crippen molar-refractivity contribution in [1.82, 2.24) is 0 Å². The highest BCUT2D eigenvalue weighted by atomic mass is 16.5. The third kappa shape index (κ3) is 3.77. The molecule has 0 bridgehead atoms. The third-order valence-electron chi connectivity index (χ3n) is 2.77. The Labute approximate surface area is 103 Å². The second kappa shape index (κ2) is 5.21. The molecule has 17 heavy (non-hydrogen) atoms. The zero-order chi connectivity index (χ0) is 13.1. The minimum atomic E-state index is -0.229. The van der Waals surface area contributed by atoms with Gasteiger partial charge in [-0.2, -0.15) is 0 Å². The number of carbonyl (C=O) groups is 1. The summed E-state index contributed by atoms with van der Waals surface area (Å²) < 4.78 is 4.64. The molecule has 94 valence electrons. The average Bonchev–Trinajstić information content (AvgIpc) is 2.27. The van der Waals surface area contributed by atoms with E-state index in [0.29, 0.717) is 0 Å². The molecule has 0 radical (unpaired) electrons. The van der Waals surface area contributed by atoms with Gasteiger partial charge in [0.2, 0.25) is 0 Å². The fourth-order valence-corrected chi connectivity index (χ4v) is 1.57. The molecule has 0 saturated heterocycles. The van der Waals surface area contributed by atoms with Crippen LogP contribution in [0, 0.1) is 0 Å². The molecule has 0 saturated carbocycles. The molecule has 0 amide bonds. The molecule has 0 aliphatic rings. The maximum absolute atomic E-state index is 11.2. The number of likely N-dealkylation sites (N-methyl/N-ethyl adjacent to an activating group) is 1. The maximum Gasteiger partial charge on any atom is 0.325 e. The fourth-order valence-electron chi connectivity index (χ4n) is 1.57. The third-order valence-corrected chi connectivity index (χ3v) is 2.77. The van der Waals surface area contributed by atoms with Crippen molar-refractivity contribution >= 4 is 11.7 Å². The number of methoxy groups -OCH3 is 1. The van der Waals surface area contributed by atoms with Crippen molar-refractivity contribution in [2.45, 2.75) is 26.2 Å². The second-order valence-electron chi connectivity index (χ2n) is 5.23. The number of nitrogens with zero attached hydrogens (tertiary/aromatic N) is 1. The van der Waals surface area contributed by atoms with Crippen LogP contribution in [0.25, 0.3) is 0 Å². The predicted molar refractivity (Wildman–Crippen MR) is 70.4 cm³/mol. The monoisotopic (exact) mass is 235 g/mol. The molecule has 3 heteroatoms. The number of rotatable bonds is 3. The van der Waals surface area contributed by atoms with Crippen LogP contribution in [0.15, 0.2) is 24.3 Å². The van der Waals surface area contributed by atoms with E-state index in [2.05, 4.69) is 37.6 Å². The zero-order valence-electron chi connectivity index (χ0n) is 11.3. The minimum Gasteiger partial charge on any atom is -0.468 e. The first-order valence-corrected chi connectivity index (χ1v) is 5.73. The Morgan fingerprint density at radius 2 is 1.76 bits per heavy atom. The van der Waals surface area contributed by atoms with E-state index in [1.807, 2.05) is 24.1 Å². The highest BCUT2D eigenvalue weighted by molar-refractivity contribution is 5.75. The number of benzene rings is 1. The van der Waals surface area contributed by atoms with Crippen LogP contribution in [-0.2, 0) is 14.9 Å². The van der Waals surface area contributed by atoms with Gasteiger partial charge in [-0.05, 0) is 23.1 Å². The van der Waals surface area contributed by atoms with E-state index in [-0.39, 0.29) is 17.9 Å². The SMILES string of the molecule is COC(=O)CN(C)c1ccc(C(C)(C)C)cc1. The summed E-state index contributed by atoms with van der Waals surface area (Å²) in [6.07, 6.45) is 0. The van der Waals surface area contributed by atoms with Gasteiger partial charge in [-0.25, -0.2) is 0 Å². The highest BCUT2D eigenvalue weighted by Crippen LogP contribution is 2.24. The number of anilines is 1. The molecule has 0 N–H and O–H groups in total. The van der Waals surface area contributed by atoms with E-state index in [1.165, 1.54) is 12.7 Å². The van der Waals surface area contributed by atoms with Gasteiger partial charge >= 0.3 is 5.97 Å². The molecule has 1 rings (SSSR count). The molecule has 1 aromatic carbocycles. The van der Waals surface area contributed by atoms with E-state index in [1.54, 1.807) is 0 Å². The summed E-state index contributed by atoms with van der Waals surface area (Å²) in [6, 6.07) is 8.26. The van der Waals surface area contributed by atoms with Crippen molar-refractivity contribution in [1.29, 1.82) is 0 Å². The lowest BCUT2D eigenvalue weighted by Crippen LogP contribution is -2.26. The molecule has 1 aromatic rings. The van der Waals surface area contributed by atoms with Crippen LogP contribution in [-0.4, -0.2) is 26.7 Å². The van der Waals surface area contributed by atoms with E-state index >= 15 is 0 Å². The molecule has 3 nitrogen and oxygen atoms in total. The number of ether oxygens (including phenoxy) is 1. The summed E-state index contributed by atoms with van der Waals surface area (Å²) in [7, 11) is 3.28. The lowest BCUT2D eigenvalue weighted by Gasteiger charge is -2.22. The van der Waals surface area contributed by atoms with Crippen LogP contribution >= 0.6 is 0 Å². The van der Waals surface area contributed by atoms with Crippen LogP contribution in [0.1, 0.15) is 26.3 Å². The van der Waals surface area contributed by atoms with Gasteiger partial charge in [-0.15, -0.1) is 0 Å². The van der Waals surface area contributed by atoms with Crippen LogP contribution in [0.4, 0.5) is 5.69 Å². The molecular weight excluding hydrogens is 214 g/mol. The molecule has 0 aliphatic heterocycles. The van der Waals surface area contributed by atoms with Crippen molar-refractivity contribution in [3.8, 4) is 0 Å². The molecule has 0 heterocycles. The Kier molecular flexibility index (Phi) is 4.16. The number of hydrogen-bond donors (Lipinski definition) is 0. The lowest BCUT2D eigenvalue weighted by molar-refractivity contribution is -0.138. The lowest BCUT2D eigenvalue weighted by atomic mass is 9.87. The molecule has 0 unspecified atom stereocenters. The topological polar surface area (TPSA) is 29.5 Å². The van der Waals surface area contributed by atoms with E-state index in [4.69, 9.17) is 0 Å². The first kappa shape index (κ1) is 13.6. The predicted octanol–water partition coefficient (Wildman–Crippen LogP) is 2.59. The number of hydrogen-bond acceptors (Lipinski definition) is 3. The summed E-state index contributed by atoms with van der Waals surface area (Å²) in [6.45, 7) is 6.81. The first-order chi connectivity index (χ1) is 7.84. The van der Waals surface area contributed by atoms with Crippen molar-refractivity contribution in [3.05, 3.63) is 29.8 Å². The second-order valence-corrected chi connectivity index (χ2v) is 5.23. The Balaban J connectivity index is 2.77. The van der Waals surface area contributed by atoms with Crippen molar-refractivity contribution in [3.63, 3.8) is 0 Å². The first-order valence-electron chi connectivity index (χ1n) is 5.73. The smallest absolute Gasteiger partial charge is 0.325 e. The molecular formula is C14H21NO2. The van der Waals surface area contributed by atoms with Gasteiger partial charge in [0, 0.05) is 12.7 Å². The average molecular weight is 235 g/mol. The van der Waals surface area contributed by atoms with Crippen LogP contribution in [0.5, 0.6) is 0 Å². The Bertz CT molecular complexity index is 376. The molecule has 0 aromatic heterocycles. The van der Waals surface area contributed by atoms with Gasteiger partial charge in [-0.3, -0.25) is 4.79 Å². The van der Waals surface area contributed by atoms with Gasteiger partial charge in [-0.1, -0.05) is 32.9 Å². The molecule has 0 atom stereocenters. The fraction of sp³-hybridized carbons (Fsp3) is 0.500. The quantitative estimate of drug-likeness (QED) is 0.754. The minimum absolute atomic E-state index is 0.152. The normalized spacial score (nSPS) is 11.1. The summed E-state index contributed by atoms with van der Waals surface area (Å²) in [5, 5.41) is 0. The van der Waals surface area contributed by atoms with Crippen LogP contribution in [0.3, 0.4) is 0 Å². The van der Waals surface area contributed by atoms with Crippen molar-refractivity contribution in [2.75, 3.05) is 25.6 Å². The molecule has 0 fully saturated rings. The summed E-state index contributed by atoms with van der Waals surface area (Å²) in [4.78, 5) is 13.0. The van der Waals surface area contributed by atoms with Crippen LogP contribution in [0.2, 0.25) is 0 Å². The van der Waals surface area contributed by atoms with Gasteiger partial charge in [0.05, 0.1) is 7.11 Å².